The summed E-state index contributed by atoms with van der Waals surface area (Å²) in [6.07, 6.45) is 3.89. The smallest absolute Gasteiger partial charge is 0.270 e. The maximum atomic E-state index is 13.1. The van der Waals surface area contributed by atoms with E-state index in [-0.39, 0.29) is 5.91 Å². The van der Waals surface area contributed by atoms with Gasteiger partial charge < -0.3 is 19.4 Å². The molecule has 7 nitrogen and oxygen atoms in total. The second-order valence-corrected chi connectivity index (χ2v) is 8.50. The second-order valence-electron chi connectivity index (χ2n) is 7.47. The Bertz CT molecular complexity index is 951. The van der Waals surface area contributed by atoms with Crippen molar-refractivity contribution >= 4 is 17.2 Å². The van der Waals surface area contributed by atoms with Gasteiger partial charge in [-0.3, -0.25) is 4.79 Å². The third-order valence-corrected chi connectivity index (χ3v) is 6.61. The van der Waals surface area contributed by atoms with E-state index < -0.39 is 0 Å². The minimum Gasteiger partial charge on any atom is -0.338 e. The number of hydrogen-bond acceptors (Lipinski definition) is 5. The van der Waals surface area contributed by atoms with Gasteiger partial charge in [-0.15, -0.1) is 21.5 Å². The van der Waals surface area contributed by atoms with Crippen LogP contribution in [0.1, 0.15) is 45.8 Å². The number of aromatic nitrogens is 4. The number of thiophene rings is 1. The predicted octanol–water partition coefficient (Wildman–Crippen LogP) is 2.31. The fraction of sp³-hybridized carbons (Fsp3) is 0.450. The molecule has 5 heterocycles. The highest BCUT2D eigenvalue weighted by atomic mass is 32.1. The lowest BCUT2D eigenvalue weighted by Crippen LogP contribution is -2.39. The number of amides is 1. The summed E-state index contributed by atoms with van der Waals surface area (Å²) in [6.45, 7) is 5.00. The number of carbonyl (C=O) groups excluding carboxylic acids is 1. The Morgan fingerprint density at radius 1 is 1.18 bits per heavy atom. The first-order valence-electron chi connectivity index (χ1n) is 9.89. The van der Waals surface area contributed by atoms with Gasteiger partial charge in [0, 0.05) is 43.2 Å². The van der Waals surface area contributed by atoms with Gasteiger partial charge in [-0.25, -0.2) is 0 Å². The van der Waals surface area contributed by atoms with E-state index in [1.54, 1.807) is 11.3 Å². The Balaban J connectivity index is 1.25. The molecule has 1 amide bonds. The standard InChI is InChI=1S/C20H24N6OS/c27-20(17-4-1-8-25(17)14-16-3-2-12-28-16)24-9-5-15(6-10-24)19-23-22-18-13-21-7-11-26(18)19/h1-4,8,12,15,21H,5-7,9-11,13-14H2. The maximum absolute atomic E-state index is 13.1. The van der Waals surface area contributed by atoms with Gasteiger partial charge in [0.15, 0.2) is 0 Å². The van der Waals surface area contributed by atoms with Gasteiger partial charge in [0.25, 0.3) is 5.91 Å². The molecule has 1 N–H and O–H groups in total. The van der Waals surface area contributed by atoms with Crippen molar-refractivity contribution in [1.82, 2.24) is 29.5 Å². The van der Waals surface area contributed by atoms with Crippen molar-refractivity contribution in [2.75, 3.05) is 19.6 Å². The van der Waals surface area contributed by atoms with Crippen LogP contribution in [-0.4, -0.2) is 49.8 Å². The predicted molar refractivity (Wildman–Crippen MR) is 107 cm³/mol. The quantitative estimate of drug-likeness (QED) is 0.735. The molecule has 146 valence electrons. The molecule has 0 aromatic carbocycles. The minimum atomic E-state index is 0.132. The molecule has 0 bridgehead atoms. The number of likely N-dealkylation sites (tertiary alicyclic amines) is 1. The Morgan fingerprint density at radius 2 is 2.07 bits per heavy atom. The Kier molecular flexibility index (Phi) is 4.74. The van der Waals surface area contributed by atoms with E-state index in [4.69, 9.17) is 0 Å². The van der Waals surface area contributed by atoms with Gasteiger partial charge in [0.2, 0.25) is 0 Å². The second kappa shape index (κ2) is 7.52. The molecule has 5 rings (SSSR count). The lowest BCUT2D eigenvalue weighted by molar-refractivity contribution is 0.0699. The zero-order chi connectivity index (χ0) is 18.9. The summed E-state index contributed by atoms with van der Waals surface area (Å²) in [5.74, 6) is 2.66. The summed E-state index contributed by atoms with van der Waals surface area (Å²) in [4.78, 5) is 16.4. The fourth-order valence-electron chi connectivity index (χ4n) is 4.24. The largest absolute Gasteiger partial charge is 0.338 e. The van der Waals surface area contributed by atoms with Crippen LogP contribution < -0.4 is 5.32 Å². The summed E-state index contributed by atoms with van der Waals surface area (Å²) < 4.78 is 4.33. The van der Waals surface area contributed by atoms with Gasteiger partial charge in [0.05, 0.1) is 13.1 Å². The SMILES string of the molecule is O=C(c1cccn1Cc1cccs1)N1CCC(c2nnc3n2CCNC3)CC1. The van der Waals surface area contributed by atoms with Gasteiger partial charge >= 0.3 is 0 Å². The fourth-order valence-corrected chi connectivity index (χ4v) is 4.94. The molecule has 0 radical (unpaired) electrons. The van der Waals surface area contributed by atoms with Crippen LogP contribution in [0.15, 0.2) is 35.8 Å². The van der Waals surface area contributed by atoms with Crippen LogP contribution in [0.2, 0.25) is 0 Å². The number of nitrogens with zero attached hydrogens (tertiary/aromatic N) is 5. The number of piperidine rings is 1. The minimum absolute atomic E-state index is 0.132. The molecule has 3 aromatic rings. The zero-order valence-electron chi connectivity index (χ0n) is 15.8. The zero-order valence-corrected chi connectivity index (χ0v) is 16.6. The number of carbonyl (C=O) groups is 1. The van der Waals surface area contributed by atoms with Crippen LogP contribution in [0.3, 0.4) is 0 Å². The maximum Gasteiger partial charge on any atom is 0.270 e. The first-order valence-corrected chi connectivity index (χ1v) is 10.8. The lowest BCUT2D eigenvalue weighted by atomic mass is 9.95. The van der Waals surface area contributed by atoms with E-state index in [1.165, 1.54) is 4.88 Å². The highest BCUT2D eigenvalue weighted by Gasteiger charge is 2.29. The van der Waals surface area contributed by atoms with Crippen LogP contribution in [0.5, 0.6) is 0 Å². The summed E-state index contributed by atoms with van der Waals surface area (Å²) in [6, 6.07) is 8.06. The van der Waals surface area contributed by atoms with Crippen molar-refractivity contribution in [2.45, 2.75) is 38.4 Å². The number of hydrogen-bond donors (Lipinski definition) is 1. The summed E-state index contributed by atoms with van der Waals surface area (Å²) >= 11 is 1.72. The van der Waals surface area contributed by atoms with Crippen LogP contribution >= 0.6 is 11.3 Å². The van der Waals surface area contributed by atoms with Crippen LogP contribution in [0.25, 0.3) is 0 Å². The molecular weight excluding hydrogens is 372 g/mol. The van der Waals surface area contributed by atoms with Crippen LogP contribution in [0, 0.1) is 0 Å². The lowest BCUT2D eigenvalue weighted by Gasteiger charge is -2.32. The van der Waals surface area contributed by atoms with E-state index in [1.807, 2.05) is 23.2 Å². The molecule has 0 saturated carbocycles. The molecule has 0 atom stereocenters. The average Bonchev–Trinajstić information content (AvgIpc) is 3.49. The molecule has 0 aliphatic carbocycles. The Hall–Kier alpha value is -2.45. The van der Waals surface area contributed by atoms with Crippen molar-refractivity contribution in [2.24, 2.45) is 0 Å². The van der Waals surface area contributed by atoms with Crippen molar-refractivity contribution < 1.29 is 4.79 Å². The summed E-state index contributed by atoms with van der Waals surface area (Å²) in [5, 5.41) is 14.2. The van der Waals surface area contributed by atoms with Gasteiger partial charge in [-0.05, 0) is 36.4 Å². The molecule has 1 saturated heterocycles. The molecule has 1 fully saturated rings. The van der Waals surface area contributed by atoms with Crippen molar-refractivity contribution in [3.63, 3.8) is 0 Å². The van der Waals surface area contributed by atoms with E-state index in [9.17, 15) is 4.79 Å². The molecule has 0 spiro atoms. The molecule has 28 heavy (non-hydrogen) atoms. The van der Waals surface area contributed by atoms with E-state index in [0.29, 0.717) is 5.92 Å². The van der Waals surface area contributed by atoms with Gasteiger partial charge in [0.1, 0.15) is 17.3 Å². The first kappa shape index (κ1) is 17.6. The topological polar surface area (TPSA) is 68.0 Å². The highest BCUT2D eigenvalue weighted by molar-refractivity contribution is 7.09. The third kappa shape index (κ3) is 3.27. The molecule has 8 heteroatoms. The number of nitrogens with one attached hydrogen (secondary N) is 1. The molecule has 3 aromatic heterocycles. The van der Waals surface area contributed by atoms with E-state index >= 15 is 0 Å². The van der Waals surface area contributed by atoms with Crippen molar-refractivity contribution in [3.05, 3.63) is 58.1 Å². The first-order chi connectivity index (χ1) is 13.8. The van der Waals surface area contributed by atoms with Gasteiger partial charge in [-0.2, -0.15) is 0 Å². The van der Waals surface area contributed by atoms with Crippen LogP contribution in [-0.2, 0) is 19.6 Å². The van der Waals surface area contributed by atoms with Gasteiger partial charge in [-0.1, -0.05) is 6.07 Å². The highest BCUT2D eigenvalue weighted by Crippen LogP contribution is 2.28. The molecular formula is C20H24N6OS. The monoisotopic (exact) mass is 396 g/mol. The van der Waals surface area contributed by atoms with E-state index in [2.05, 4.69) is 42.2 Å². The number of rotatable bonds is 4. The van der Waals surface area contributed by atoms with Crippen LogP contribution in [0.4, 0.5) is 0 Å². The van der Waals surface area contributed by atoms with Crippen molar-refractivity contribution in [3.8, 4) is 0 Å². The molecule has 2 aliphatic rings. The molecule has 2 aliphatic heterocycles. The third-order valence-electron chi connectivity index (χ3n) is 5.75. The van der Waals surface area contributed by atoms with Crippen molar-refractivity contribution in [1.29, 1.82) is 0 Å². The number of fused-ring (bicyclic) bond motifs is 1. The summed E-state index contributed by atoms with van der Waals surface area (Å²) in [7, 11) is 0. The average molecular weight is 397 g/mol. The Labute approximate surface area is 168 Å². The normalized spacial score (nSPS) is 17.6. The Morgan fingerprint density at radius 3 is 2.89 bits per heavy atom. The molecule has 0 unspecified atom stereocenters. The van der Waals surface area contributed by atoms with E-state index in [0.717, 1.165) is 69.5 Å². The summed E-state index contributed by atoms with van der Waals surface area (Å²) in [5.41, 5.74) is 0.776.